The van der Waals surface area contributed by atoms with Gasteiger partial charge >= 0.3 is 5.97 Å². The van der Waals surface area contributed by atoms with Gasteiger partial charge in [-0.25, -0.2) is 0 Å². The fraction of sp³-hybridized carbons (Fsp3) is 0.533. The van der Waals surface area contributed by atoms with Gasteiger partial charge in [0.05, 0.1) is 6.04 Å². The Labute approximate surface area is 117 Å². The molecular weight excluding hydrogens is 258 g/mol. The van der Waals surface area contributed by atoms with Gasteiger partial charge in [-0.2, -0.15) is 0 Å². The SMILES string of the molecule is O=C(O)CCC1CCN(C2COc3cc(O)ccc32)C1. The predicted octanol–water partition coefficient (Wildman–Crippen LogP) is 2.01. The van der Waals surface area contributed by atoms with E-state index in [0.717, 1.165) is 37.2 Å². The zero-order valence-corrected chi connectivity index (χ0v) is 11.3. The molecule has 2 N–H and O–H groups in total. The first-order valence-electron chi connectivity index (χ1n) is 7.05. The number of aromatic hydroxyl groups is 1. The molecule has 1 fully saturated rings. The van der Waals surface area contributed by atoms with Crippen molar-refractivity contribution in [1.82, 2.24) is 4.90 Å². The van der Waals surface area contributed by atoms with E-state index < -0.39 is 5.97 Å². The smallest absolute Gasteiger partial charge is 0.303 e. The summed E-state index contributed by atoms with van der Waals surface area (Å²) in [4.78, 5) is 13.0. The van der Waals surface area contributed by atoms with E-state index in [0.29, 0.717) is 12.5 Å². The summed E-state index contributed by atoms with van der Waals surface area (Å²) in [6, 6.07) is 5.51. The Hall–Kier alpha value is -1.75. The minimum absolute atomic E-state index is 0.227. The number of hydrogen-bond donors (Lipinski definition) is 2. The molecular formula is C15H19NO4. The van der Waals surface area contributed by atoms with E-state index in [1.165, 1.54) is 0 Å². The molecule has 0 saturated carbocycles. The molecule has 1 saturated heterocycles. The lowest BCUT2D eigenvalue weighted by Crippen LogP contribution is -2.27. The molecule has 0 amide bonds. The third-order valence-electron chi connectivity index (χ3n) is 4.28. The van der Waals surface area contributed by atoms with Crippen LogP contribution in [0.15, 0.2) is 18.2 Å². The molecule has 0 bridgehead atoms. The van der Waals surface area contributed by atoms with Gasteiger partial charge in [-0.15, -0.1) is 0 Å². The number of carboxylic acids is 1. The number of likely N-dealkylation sites (tertiary alicyclic amines) is 1. The highest BCUT2D eigenvalue weighted by molar-refractivity contribution is 5.66. The number of aliphatic carboxylic acids is 1. The number of phenols is 1. The first-order chi connectivity index (χ1) is 9.63. The highest BCUT2D eigenvalue weighted by Crippen LogP contribution is 2.40. The highest BCUT2D eigenvalue weighted by atomic mass is 16.5. The summed E-state index contributed by atoms with van der Waals surface area (Å²) < 4.78 is 5.64. The highest BCUT2D eigenvalue weighted by Gasteiger charge is 2.34. The van der Waals surface area contributed by atoms with Gasteiger partial charge in [-0.05, 0) is 37.4 Å². The number of fused-ring (bicyclic) bond motifs is 1. The van der Waals surface area contributed by atoms with Gasteiger partial charge in [-0.3, -0.25) is 9.69 Å². The summed E-state index contributed by atoms with van der Waals surface area (Å²) >= 11 is 0. The van der Waals surface area contributed by atoms with Crippen molar-refractivity contribution < 1.29 is 19.7 Å². The van der Waals surface area contributed by atoms with Crippen LogP contribution in [0.1, 0.15) is 30.9 Å². The Morgan fingerprint density at radius 2 is 2.30 bits per heavy atom. The normalized spacial score (nSPS) is 25.4. The first kappa shape index (κ1) is 13.2. The van der Waals surface area contributed by atoms with Gasteiger partial charge in [-0.1, -0.05) is 0 Å². The minimum atomic E-state index is -0.714. The maximum atomic E-state index is 10.6. The Bertz CT molecular complexity index is 517. The van der Waals surface area contributed by atoms with Gasteiger partial charge < -0.3 is 14.9 Å². The Morgan fingerprint density at radius 3 is 3.10 bits per heavy atom. The second-order valence-corrected chi connectivity index (χ2v) is 5.63. The molecule has 2 aliphatic heterocycles. The Balaban J connectivity index is 1.64. The van der Waals surface area contributed by atoms with E-state index in [2.05, 4.69) is 4.90 Å². The lowest BCUT2D eigenvalue weighted by Gasteiger charge is -2.22. The van der Waals surface area contributed by atoms with Gasteiger partial charge in [0, 0.05) is 24.6 Å². The maximum Gasteiger partial charge on any atom is 0.303 e. The summed E-state index contributed by atoms with van der Waals surface area (Å²) in [5, 5.41) is 18.2. The van der Waals surface area contributed by atoms with Crippen LogP contribution in [-0.4, -0.2) is 40.8 Å². The molecule has 2 aliphatic rings. The number of hydrogen-bond acceptors (Lipinski definition) is 4. The van der Waals surface area contributed by atoms with Crippen molar-refractivity contribution in [2.24, 2.45) is 5.92 Å². The number of carbonyl (C=O) groups is 1. The van der Waals surface area contributed by atoms with E-state index in [1.807, 2.05) is 6.07 Å². The molecule has 2 atom stereocenters. The van der Waals surface area contributed by atoms with Crippen molar-refractivity contribution in [3.63, 3.8) is 0 Å². The average Bonchev–Trinajstić information content (AvgIpc) is 3.01. The summed E-state index contributed by atoms with van der Waals surface area (Å²) in [7, 11) is 0. The summed E-state index contributed by atoms with van der Waals surface area (Å²) in [6.45, 7) is 2.53. The molecule has 5 nitrogen and oxygen atoms in total. The molecule has 0 spiro atoms. The number of phenolic OH excluding ortho intramolecular Hbond substituents is 1. The molecule has 1 aromatic rings. The molecule has 2 unspecified atom stereocenters. The molecule has 20 heavy (non-hydrogen) atoms. The number of rotatable bonds is 4. The molecule has 0 aliphatic carbocycles. The zero-order chi connectivity index (χ0) is 14.1. The fourth-order valence-electron chi connectivity index (χ4n) is 3.19. The third-order valence-corrected chi connectivity index (χ3v) is 4.28. The van der Waals surface area contributed by atoms with Crippen LogP contribution < -0.4 is 4.74 Å². The Morgan fingerprint density at radius 1 is 1.45 bits per heavy atom. The van der Waals surface area contributed by atoms with Crippen LogP contribution in [0.3, 0.4) is 0 Å². The van der Waals surface area contributed by atoms with Crippen molar-refractivity contribution in [3.8, 4) is 11.5 Å². The topological polar surface area (TPSA) is 70.0 Å². The molecule has 0 radical (unpaired) electrons. The van der Waals surface area contributed by atoms with E-state index in [1.54, 1.807) is 12.1 Å². The molecule has 5 heteroatoms. The van der Waals surface area contributed by atoms with Crippen LogP contribution >= 0.6 is 0 Å². The van der Waals surface area contributed by atoms with Crippen molar-refractivity contribution >= 4 is 5.97 Å². The molecule has 1 aromatic carbocycles. The van der Waals surface area contributed by atoms with E-state index in [9.17, 15) is 9.90 Å². The van der Waals surface area contributed by atoms with Crippen LogP contribution in [0, 0.1) is 5.92 Å². The minimum Gasteiger partial charge on any atom is -0.508 e. The van der Waals surface area contributed by atoms with Gasteiger partial charge in [0.1, 0.15) is 18.1 Å². The predicted molar refractivity (Wildman–Crippen MR) is 72.9 cm³/mol. The quantitative estimate of drug-likeness (QED) is 0.881. The standard InChI is InChI=1S/C15H19NO4/c17-11-2-3-12-13(9-20-14(12)7-11)16-6-5-10(8-16)1-4-15(18)19/h2-3,7,10,13,17H,1,4-6,8-9H2,(H,18,19). The van der Waals surface area contributed by atoms with Crippen LogP contribution in [0.4, 0.5) is 0 Å². The lowest BCUT2D eigenvalue weighted by molar-refractivity contribution is -0.137. The van der Waals surface area contributed by atoms with Crippen molar-refractivity contribution in [2.45, 2.75) is 25.3 Å². The van der Waals surface area contributed by atoms with E-state index >= 15 is 0 Å². The number of benzene rings is 1. The number of nitrogens with zero attached hydrogens (tertiary/aromatic N) is 1. The van der Waals surface area contributed by atoms with Gasteiger partial charge in [0.25, 0.3) is 0 Å². The maximum absolute atomic E-state index is 10.6. The largest absolute Gasteiger partial charge is 0.508 e. The van der Waals surface area contributed by atoms with E-state index in [-0.39, 0.29) is 18.2 Å². The zero-order valence-electron chi connectivity index (χ0n) is 11.3. The van der Waals surface area contributed by atoms with E-state index in [4.69, 9.17) is 9.84 Å². The third kappa shape index (κ3) is 2.58. The fourth-order valence-corrected chi connectivity index (χ4v) is 3.19. The lowest BCUT2D eigenvalue weighted by atomic mass is 10.0. The molecule has 0 aromatic heterocycles. The summed E-state index contributed by atoms with van der Waals surface area (Å²) in [5.74, 6) is 0.745. The van der Waals surface area contributed by atoms with Crippen LogP contribution in [0.2, 0.25) is 0 Å². The average molecular weight is 277 g/mol. The van der Waals surface area contributed by atoms with Crippen molar-refractivity contribution in [1.29, 1.82) is 0 Å². The summed E-state index contributed by atoms with van der Waals surface area (Å²) in [6.07, 6.45) is 2.06. The monoisotopic (exact) mass is 277 g/mol. The first-order valence-corrected chi connectivity index (χ1v) is 7.05. The number of ether oxygens (including phenoxy) is 1. The molecule has 2 heterocycles. The second-order valence-electron chi connectivity index (χ2n) is 5.63. The van der Waals surface area contributed by atoms with Crippen molar-refractivity contribution in [3.05, 3.63) is 23.8 Å². The molecule has 3 rings (SSSR count). The van der Waals surface area contributed by atoms with Crippen LogP contribution in [0.25, 0.3) is 0 Å². The Kier molecular flexibility index (Phi) is 3.53. The van der Waals surface area contributed by atoms with Crippen LogP contribution in [-0.2, 0) is 4.79 Å². The summed E-state index contributed by atoms with van der Waals surface area (Å²) in [5.41, 5.74) is 1.13. The van der Waals surface area contributed by atoms with Gasteiger partial charge in [0.15, 0.2) is 0 Å². The molecule has 108 valence electrons. The van der Waals surface area contributed by atoms with Crippen LogP contribution in [0.5, 0.6) is 11.5 Å². The van der Waals surface area contributed by atoms with Gasteiger partial charge in [0.2, 0.25) is 0 Å². The van der Waals surface area contributed by atoms with Crippen molar-refractivity contribution in [2.75, 3.05) is 19.7 Å². The second kappa shape index (κ2) is 5.32. The number of carboxylic acid groups (broad SMARTS) is 1.